The fraction of sp³-hybridized carbons (Fsp3) is 0.0667. The normalized spacial score (nSPS) is 11.1. The third-order valence-electron chi connectivity index (χ3n) is 3.50. The number of hydrogen-bond acceptors (Lipinski definition) is 6. The highest BCUT2D eigenvalue weighted by Crippen LogP contribution is 2.36. The monoisotopic (exact) mass is 308 g/mol. The smallest absolute Gasteiger partial charge is 0.206 e. The van der Waals surface area contributed by atoms with Crippen molar-refractivity contribution in [2.24, 2.45) is 0 Å². The Hall–Kier alpha value is -2.80. The van der Waals surface area contributed by atoms with Gasteiger partial charge in [0.15, 0.2) is 0 Å². The number of tetrazole rings is 1. The van der Waals surface area contributed by atoms with E-state index in [0.29, 0.717) is 5.82 Å². The van der Waals surface area contributed by atoms with Gasteiger partial charge >= 0.3 is 0 Å². The van der Waals surface area contributed by atoms with Crippen LogP contribution >= 0.6 is 11.3 Å². The van der Waals surface area contributed by atoms with Crippen molar-refractivity contribution in [3.8, 4) is 21.8 Å². The van der Waals surface area contributed by atoms with Crippen molar-refractivity contribution >= 4 is 27.1 Å². The third-order valence-corrected chi connectivity index (χ3v) is 4.65. The van der Waals surface area contributed by atoms with E-state index in [-0.39, 0.29) is 0 Å². The van der Waals surface area contributed by atoms with Crippen molar-refractivity contribution < 1.29 is 0 Å². The Morgan fingerprint density at radius 1 is 1.18 bits per heavy atom. The zero-order chi connectivity index (χ0) is 15.1. The number of pyridine rings is 1. The van der Waals surface area contributed by atoms with Crippen LogP contribution in [0, 0.1) is 6.92 Å². The molecule has 22 heavy (non-hydrogen) atoms. The molecule has 0 fully saturated rings. The summed E-state index contributed by atoms with van der Waals surface area (Å²) in [6.45, 7) is 1.99. The Bertz CT molecular complexity index is 958. The number of nitrogens with zero attached hydrogens (tertiary/aromatic N) is 4. The minimum atomic E-state index is 0.541. The number of nitrogen functional groups attached to an aromatic ring is 1. The number of nitrogens with two attached hydrogens (primary N) is 1. The standard InChI is InChI=1S/C15H12N6S/c1-8-12(5-10(7-17-8)15-18-20-21-19-15)14-6-9-4-11(16)2-3-13(9)22-14/h2-7H,16H2,1H3,(H,18,19,20,21). The van der Waals surface area contributed by atoms with Gasteiger partial charge in [0.25, 0.3) is 0 Å². The van der Waals surface area contributed by atoms with E-state index in [2.05, 4.69) is 31.7 Å². The number of anilines is 1. The number of rotatable bonds is 2. The summed E-state index contributed by atoms with van der Waals surface area (Å²) >= 11 is 1.72. The lowest BCUT2D eigenvalue weighted by atomic mass is 10.1. The van der Waals surface area contributed by atoms with Gasteiger partial charge in [0.1, 0.15) is 0 Å². The molecule has 0 atom stereocenters. The molecule has 0 aliphatic rings. The maximum atomic E-state index is 5.86. The molecule has 3 N–H and O–H groups in total. The van der Waals surface area contributed by atoms with Crippen LogP contribution in [0.15, 0.2) is 36.5 Å². The molecule has 0 aliphatic carbocycles. The van der Waals surface area contributed by atoms with Crippen LogP contribution in [-0.2, 0) is 0 Å². The lowest BCUT2D eigenvalue weighted by Crippen LogP contribution is -1.89. The van der Waals surface area contributed by atoms with Crippen LogP contribution in [0.4, 0.5) is 5.69 Å². The lowest BCUT2D eigenvalue weighted by Gasteiger charge is -2.03. The van der Waals surface area contributed by atoms with Crippen molar-refractivity contribution in [1.29, 1.82) is 0 Å². The van der Waals surface area contributed by atoms with Gasteiger partial charge in [-0.1, -0.05) is 0 Å². The van der Waals surface area contributed by atoms with Gasteiger partial charge in [0.05, 0.1) is 0 Å². The zero-order valence-electron chi connectivity index (χ0n) is 11.7. The van der Waals surface area contributed by atoms with Crippen LogP contribution in [0.2, 0.25) is 0 Å². The summed E-state index contributed by atoms with van der Waals surface area (Å²) in [6.07, 6.45) is 1.76. The predicted octanol–water partition coefficient (Wildman–Crippen LogP) is 3.03. The minimum absolute atomic E-state index is 0.541. The van der Waals surface area contributed by atoms with Crippen LogP contribution in [-0.4, -0.2) is 25.6 Å². The third kappa shape index (κ3) is 2.11. The van der Waals surface area contributed by atoms with Crippen molar-refractivity contribution in [3.05, 3.63) is 42.2 Å². The van der Waals surface area contributed by atoms with Gasteiger partial charge in [-0.15, -0.1) is 21.5 Å². The van der Waals surface area contributed by atoms with Gasteiger partial charge in [0.2, 0.25) is 5.82 Å². The van der Waals surface area contributed by atoms with Crippen LogP contribution in [0.5, 0.6) is 0 Å². The maximum Gasteiger partial charge on any atom is 0.206 e. The first-order valence-corrected chi connectivity index (χ1v) is 7.52. The molecule has 0 aliphatic heterocycles. The van der Waals surface area contributed by atoms with E-state index in [1.54, 1.807) is 17.5 Å². The molecule has 1 aromatic carbocycles. The highest BCUT2D eigenvalue weighted by molar-refractivity contribution is 7.22. The van der Waals surface area contributed by atoms with Crippen molar-refractivity contribution in [2.45, 2.75) is 6.92 Å². The molecule has 3 heterocycles. The van der Waals surface area contributed by atoms with E-state index in [4.69, 9.17) is 5.73 Å². The molecule has 0 radical (unpaired) electrons. The molecule has 3 aromatic heterocycles. The van der Waals surface area contributed by atoms with Crippen molar-refractivity contribution in [3.63, 3.8) is 0 Å². The van der Waals surface area contributed by atoms with Crippen LogP contribution < -0.4 is 5.73 Å². The number of fused-ring (bicyclic) bond motifs is 1. The highest BCUT2D eigenvalue weighted by Gasteiger charge is 2.11. The zero-order valence-corrected chi connectivity index (χ0v) is 12.6. The Morgan fingerprint density at radius 2 is 2.09 bits per heavy atom. The number of aromatic nitrogens is 5. The maximum absolute atomic E-state index is 5.86. The molecular weight excluding hydrogens is 296 g/mol. The van der Waals surface area contributed by atoms with Gasteiger partial charge in [-0.05, 0) is 47.9 Å². The number of aryl methyl sites for hydroxylation is 1. The molecule has 0 saturated carbocycles. The van der Waals surface area contributed by atoms with Gasteiger partial charge in [0, 0.05) is 38.3 Å². The second kappa shape index (κ2) is 4.88. The number of thiophene rings is 1. The number of hydrogen-bond donors (Lipinski definition) is 2. The summed E-state index contributed by atoms with van der Waals surface area (Å²) < 4.78 is 1.20. The second-order valence-electron chi connectivity index (χ2n) is 5.00. The molecule has 0 spiro atoms. The summed E-state index contributed by atoms with van der Waals surface area (Å²) in [5, 5.41) is 15.2. The molecule has 0 unspecified atom stereocenters. The van der Waals surface area contributed by atoms with Crippen LogP contribution in [0.25, 0.3) is 31.9 Å². The lowest BCUT2D eigenvalue weighted by molar-refractivity contribution is 0.881. The first-order chi connectivity index (χ1) is 10.7. The fourth-order valence-corrected chi connectivity index (χ4v) is 3.49. The molecular formula is C15H12N6S. The summed E-state index contributed by atoms with van der Waals surface area (Å²) in [6, 6.07) is 10.1. The van der Waals surface area contributed by atoms with Gasteiger partial charge in [-0.3, -0.25) is 4.98 Å². The molecule has 4 aromatic rings. The molecule has 0 amide bonds. The van der Waals surface area contributed by atoms with E-state index >= 15 is 0 Å². The van der Waals surface area contributed by atoms with E-state index in [1.165, 1.54) is 4.70 Å². The van der Waals surface area contributed by atoms with Gasteiger partial charge < -0.3 is 5.73 Å². The SMILES string of the molecule is Cc1ncc(-c2nn[nH]n2)cc1-c1cc2cc(N)ccc2s1. The molecule has 0 saturated heterocycles. The number of aromatic amines is 1. The average Bonchev–Trinajstić information content (AvgIpc) is 3.16. The molecule has 6 nitrogen and oxygen atoms in total. The van der Waals surface area contributed by atoms with E-state index < -0.39 is 0 Å². The Morgan fingerprint density at radius 3 is 2.91 bits per heavy atom. The number of H-pyrrole nitrogens is 1. The summed E-state index contributed by atoms with van der Waals surface area (Å²) in [7, 11) is 0. The quantitative estimate of drug-likeness (QED) is 0.555. The summed E-state index contributed by atoms with van der Waals surface area (Å²) in [5.74, 6) is 0.541. The van der Waals surface area contributed by atoms with Crippen LogP contribution in [0.3, 0.4) is 0 Å². The molecule has 7 heteroatoms. The largest absolute Gasteiger partial charge is 0.399 e. The average molecular weight is 308 g/mol. The highest BCUT2D eigenvalue weighted by atomic mass is 32.1. The molecule has 4 rings (SSSR count). The molecule has 0 bridgehead atoms. The summed E-state index contributed by atoms with van der Waals surface area (Å²) in [5.41, 5.74) is 9.50. The Kier molecular flexibility index (Phi) is 2.87. The molecule has 108 valence electrons. The fourth-order valence-electron chi connectivity index (χ4n) is 2.38. The predicted molar refractivity (Wildman–Crippen MR) is 87.4 cm³/mol. The van der Waals surface area contributed by atoms with E-state index in [0.717, 1.165) is 32.8 Å². The van der Waals surface area contributed by atoms with E-state index in [9.17, 15) is 0 Å². The van der Waals surface area contributed by atoms with Crippen molar-refractivity contribution in [2.75, 3.05) is 5.73 Å². The first-order valence-electron chi connectivity index (χ1n) is 6.70. The topological polar surface area (TPSA) is 93.4 Å². The van der Waals surface area contributed by atoms with E-state index in [1.807, 2.05) is 31.2 Å². The van der Waals surface area contributed by atoms with Crippen molar-refractivity contribution in [1.82, 2.24) is 25.6 Å². The Balaban J connectivity index is 1.88. The van der Waals surface area contributed by atoms with Crippen LogP contribution in [0.1, 0.15) is 5.69 Å². The second-order valence-corrected chi connectivity index (χ2v) is 6.08. The summed E-state index contributed by atoms with van der Waals surface area (Å²) in [4.78, 5) is 5.61. The van der Waals surface area contributed by atoms with Gasteiger partial charge in [-0.2, -0.15) is 5.21 Å². The Labute approximate surface area is 130 Å². The minimum Gasteiger partial charge on any atom is -0.399 e. The number of benzene rings is 1. The first kappa shape index (κ1) is 12.9. The van der Waals surface area contributed by atoms with Gasteiger partial charge in [-0.25, -0.2) is 0 Å². The number of nitrogens with one attached hydrogen (secondary N) is 1.